The van der Waals surface area contributed by atoms with Crippen LogP contribution in [0.2, 0.25) is 0 Å². The molecule has 65 heavy (non-hydrogen) atoms. The van der Waals surface area contributed by atoms with E-state index in [1.54, 1.807) is 0 Å². The predicted octanol–water partition coefficient (Wildman–Crippen LogP) is 19.4. The lowest BCUT2D eigenvalue weighted by Crippen LogP contribution is -1.98. The first kappa shape index (κ1) is 47.5. The van der Waals surface area contributed by atoms with Crippen LogP contribution in [0.1, 0.15) is 83.3 Å². The predicted molar refractivity (Wildman–Crippen MR) is 291 cm³/mol. The van der Waals surface area contributed by atoms with Gasteiger partial charge in [-0.25, -0.2) is 0 Å². The van der Waals surface area contributed by atoms with Crippen molar-refractivity contribution >= 4 is 49.3 Å². The molecule has 1 heteroatoms. The van der Waals surface area contributed by atoms with Crippen LogP contribution in [0, 0.1) is 20.8 Å². The Balaban J connectivity index is 0.000000478. The molecule has 0 aliphatic rings. The molecule has 0 N–H and O–H groups in total. The molecule has 0 aliphatic carbocycles. The Morgan fingerprint density at radius 2 is 0.892 bits per heavy atom. The van der Waals surface area contributed by atoms with Gasteiger partial charge in [-0.2, -0.15) is 0 Å². The largest absolute Gasteiger partial charge is 0.310 e. The van der Waals surface area contributed by atoms with Gasteiger partial charge in [0.15, 0.2) is 0 Å². The van der Waals surface area contributed by atoms with Crippen LogP contribution >= 0.6 is 0 Å². The first-order valence-electron chi connectivity index (χ1n) is 23.9. The van der Waals surface area contributed by atoms with Crippen molar-refractivity contribution in [3.63, 3.8) is 0 Å². The quantitative estimate of drug-likeness (QED) is 0.147. The van der Waals surface area contributed by atoms with Gasteiger partial charge in [0.2, 0.25) is 0 Å². The van der Waals surface area contributed by atoms with Gasteiger partial charge in [-0.05, 0) is 153 Å². The molecule has 9 aromatic carbocycles. The summed E-state index contributed by atoms with van der Waals surface area (Å²) in [4.78, 5) is 0. The summed E-state index contributed by atoms with van der Waals surface area (Å²) in [5.41, 5.74) is 16.4. The summed E-state index contributed by atoms with van der Waals surface area (Å²) in [6.07, 6.45) is 5.40. The number of hydrogen-bond donors (Lipinski definition) is 0. The van der Waals surface area contributed by atoms with Crippen LogP contribution in [0.25, 0.3) is 88.4 Å². The molecule has 10 aromatic rings. The number of aryl methyl sites for hydroxylation is 4. The van der Waals surface area contributed by atoms with E-state index in [2.05, 4.69) is 215 Å². The number of hydrogen-bond acceptors (Lipinski definition) is 0. The summed E-state index contributed by atoms with van der Waals surface area (Å²) in [6, 6.07) is 66.6. The first-order valence-corrected chi connectivity index (χ1v) is 23.9. The second kappa shape index (κ2) is 22.6. The number of aromatic nitrogens is 1. The first-order chi connectivity index (χ1) is 31.9. The maximum atomic E-state index is 2.47. The fourth-order valence-electron chi connectivity index (χ4n) is 8.95. The van der Waals surface area contributed by atoms with E-state index in [1.807, 2.05) is 59.7 Å². The van der Waals surface area contributed by atoms with Crippen LogP contribution in [-0.2, 0) is 6.42 Å². The topological polar surface area (TPSA) is 4.93 Å². The van der Waals surface area contributed by atoms with E-state index >= 15 is 0 Å². The number of nitrogens with zero attached hydrogens (tertiary/aromatic N) is 1. The van der Waals surface area contributed by atoms with Crippen molar-refractivity contribution < 1.29 is 0 Å². The molecular weight excluding hydrogens is 783 g/mol. The van der Waals surface area contributed by atoms with Gasteiger partial charge in [0, 0.05) is 16.8 Å². The second-order valence-electron chi connectivity index (χ2n) is 15.7. The van der Waals surface area contributed by atoms with Crippen molar-refractivity contribution in [1.29, 1.82) is 0 Å². The number of benzene rings is 9. The molecule has 328 valence electrons. The van der Waals surface area contributed by atoms with Crippen LogP contribution in [0.15, 0.2) is 188 Å². The summed E-state index contributed by atoms with van der Waals surface area (Å²) in [5.74, 6) is 0. The highest BCUT2D eigenvalue weighted by Gasteiger charge is 2.18. The summed E-state index contributed by atoms with van der Waals surface area (Å²) in [5, 5.41) is 9.09. The van der Waals surface area contributed by atoms with Crippen LogP contribution < -0.4 is 0 Å². The van der Waals surface area contributed by atoms with Gasteiger partial charge in [0.05, 0.1) is 5.52 Å². The van der Waals surface area contributed by atoms with Crippen molar-refractivity contribution in [3.8, 4) is 39.1 Å². The maximum Gasteiger partial charge on any atom is 0.0543 e. The number of rotatable bonds is 6. The zero-order valence-corrected chi connectivity index (χ0v) is 40.6. The molecule has 0 spiro atoms. The van der Waals surface area contributed by atoms with Crippen molar-refractivity contribution in [2.75, 3.05) is 0 Å². The Kier molecular flexibility index (Phi) is 16.5. The molecule has 0 unspecified atom stereocenters. The Labute approximate surface area is 389 Å². The normalized spacial score (nSPS) is 10.7. The van der Waals surface area contributed by atoms with Crippen LogP contribution in [0.4, 0.5) is 0 Å². The van der Waals surface area contributed by atoms with E-state index in [-0.39, 0.29) is 0 Å². The van der Waals surface area contributed by atoms with Crippen molar-refractivity contribution in [2.24, 2.45) is 0 Å². The van der Waals surface area contributed by atoms with Gasteiger partial charge in [-0.15, -0.1) is 0 Å². The summed E-state index contributed by atoms with van der Waals surface area (Å²) < 4.78 is 2.47. The highest BCUT2D eigenvalue weighted by molar-refractivity contribution is 6.25. The standard InChI is InChI=1S/C51H41N.C7H8.3C2H6/c1-5-14-50-40(6-2)47-28-26-38(36-24-23-34(4)48(30-36)41-18-8-7-15-33(41)3)32-51(47)52(50)39-17-13-16-35(29-39)37-25-27-46-44-21-10-9-19-42(44)43-20-11-12-22-45(43)49(46)31-37;1-7-5-3-2-4-6-7;3*1-2/h5,7-32H,6H2,1-4H3;2-6H,1H3;3*1-2H3/b14-5-;;;;. The Hall–Kier alpha value is -6.96. The molecule has 0 atom stereocenters. The van der Waals surface area contributed by atoms with Crippen LogP contribution in [0.3, 0.4) is 0 Å². The van der Waals surface area contributed by atoms with Gasteiger partial charge in [-0.1, -0.05) is 212 Å². The van der Waals surface area contributed by atoms with Crippen molar-refractivity contribution in [1.82, 2.24) is 4.57 Å². The van der Waals surface area contributed by atoms with Gasteiger partial charge in [-0.3, -0.25) is 0 Å². The van der Waals surface area contributed by atoms with E-state index in [0.717, 1.165) is 6.42 Å². The van der Waals surface area contributed by atoms with Crippen LogP contribution in [0.5, 0.6) is 0 Å². The molecule has 0 saturated carbocycles. The third kappa shape index (κ3) is 9.91. The molecule has 1 nitrogen and oxygen atoms in total. The average Bonchev–Trinajstić information content (AvgIpc) is 3.69. The van der Waals surface area contributed by atoms with Crippen LogP contribution in [-0.4, -0.2) is 4.57 Å². The maximum absolute atomic E-state index is 2.47. The number of fused-ring (bicyclic) bond motifs is 7. The lowest BCUT2D eigenvalue weighted by Gasteiger charge is -2.15. The van der Waals surface area contributed by atoms with E-state index in [1.165, 1.54) is 110 Å². The average molecular weight is 850 g/mol. The monoisotopic (exact) mass is 850 g/mol. The molecule has 0 bridgehead atoms. The SMILES string of the molecule is C/C=C\c1c(CC)c2ccc(-c3ccc(C)c(-c4ccccc4C)c3)cc2n1-c1cccc(-c2ccc3c4ccccc4c4ccccc4c3c2)c1.CC.CC.CC.Cc1ccccc1. The molecule has 0 saturated heterocycles. The van der Waals surface area contributed by atoms with E-state index in [0.29, 0.717) is 0 Å². The molecule has 0 aliphatic heterocycles. The summed E-state index contributed by atoms with van der Waals surface area (Å²) in [7, 11) is 0. The Morgan fingerprint density at radius 1 is 0.400 bits per heavy atom. The smallest absolute Gasteiger partial charge is 0.0543 e. The Bertz CT molecular complexity index is 3140. The van der Waals surface area contributed by atoms with E-state index in [4.69, 9.17) is 0 Å². The van der Waals surface area contributed by atoms with Crippen molar-refractivity contribution in [2.45, 2.75) is 82.6 Å². The summed E-state index contributed by atoms with van der Waals surface area (Å²) >= 11 is 0. The zero-order valence-electron chi connectivity index (χ0n) is 40.6. The minimum Gasteiger partial charge on any atom is -0.310 e. The van der Waals surface area contributed by atoms with Crippen molar-refractivity contribution in [3.05, 3.63) is 216 Å². The van der Waals surface area contributed by atoms with Gasteiger partial charge >= 0.3 is 0 Å². The zero-order chi connectivity index (χ0) is 46.5. The fourth-order valence-corrected chi connectivity index (χ4v) is 8.95. The molecule has 0 fully saturated rings. The fraction of sp³-hybridized carbons (Fsp3) is 0.188. The number of allylic oxidation sites excluding steroid dienone is 1. The minimum absolute atomic E-state index is 0.954. The van der Waals surface area contributed by atoms with E-state index < -0.39 is 0 Å². The highest BCUT2D eigenvalue weighted by Crippen LogP contribution is 2.40. The minimum atomic E-state index is 0.954. The third-order valence-corrected chi connectivity index (χ3v) is 11.9. The highest BCUT2D eigenvalue weighted by atomic mass is 15.0. The van der Waals surface area contributed by atoms with Gasteiger partial charge in [0.1, 0.15) is 0 Å². The molecule has 1 heterocycles. The molecule has 1 aromatic heterocycles. The Morgan fingerprint density at radius 3 is 1.48 bits per heavy atom. The van der Waals surface area contributed by atoms with Gasteiger partial charge in [0.25, 0.3) is 0 Å². The van der Waals surface area contributed by atoms with Gasteiger partial charge < -0.3 is 4.57 Å². The molecule has 0 radical (unpaired) electrons. The molecule has 0 amide bonds. The molecular formula is C64H67N. The lowest BCUT2D eigenvalue weighted by atomic mass is 9.92. The third-order valence-electron chi connectivity index (χ3n) is 11.9. The van der Waals surface area contributed by atoms with E-state index in [9.17, 15) is 0 Å². The molecule has 10 rings (SSSR count). The second-order valence-corrected chi connectivity index (χ2v) is 15.7. The lowest BCUT2D eigenvalue weighted by molar-refractivity contribution is 1.06. The summed E-state index contributed by atoms with van der Waals surface area (Å²) in [6.45, 7) is 22.9.